The van der Waals surface area contributed by atoms with E-state index in [-0.39, 0.29) is 23.8 Å². The average molecular weight is 412 g/mol. The van der Waals surface area contributed by atoms with E-state index in [4.69, 9.17) is 0 Å². The zero-order valence-corrected chi connectivity index (χ0v) is 16.5. The van der Waals surface area contributed by atoms with Gasteiger partial charge in [0.25, 0.3) is 5.91 Å². The molecule has 0 fully saturated rings. The summed E-state index contributed by atoms with van der Waals surface area (Å²) in [7, 11) is 0. The minimum atomic E-state index is -0.514. The van der Waals surface area contributed by atoms with Gasteiger partial charge in [0.2, 0.25) is 5.91 Å². The molecule has 4 rings (SSSR count). The van der Waals surface area contributed by atoms with Crippen molar-refractivity contribution in [3.05, 3.63) is 96.2 Å². The van der Waals surface area contributed by atoms with Gasteiger partial charge < -0.3 is 15.0 Å². The van der Waals surface area contributed by atoms with Gasteiger partial charge in [0.1, 0.15) is 12.3 Å². The summed E-state index contributed by atoms with van der Waals surface area (Å²) in [6.07, 6.45) is 3.33. The number of aromatic hydroxyl groups is 1. The lowest BCUT2D eigenvalue weighted by Crippen LogP contribution is -2.18. The fraction of sp³-hybridized carbons (Fsp3) is 0.0417. The Kier molecular flexibility index (Phi) is 5.75. The molecule has 0 atom stereocenters. The Bertz CT molecular complexity index is 1260. The number of hydrogen-bond acceptors (Lipinski definition) is 4. The van der Waals surface area contributed by atoms with Crippen LogP contribution in [0.4, 0.5) is 5.69 Å². The summed E-state index contributed by atoms with van der Waals surface area (Å²) in [4.78, 5) is 24.7. The molecule has 154 valence electrons. The zero-order valence-electron chi connectivity index (χ0n) is 16.5. The van der Waals surface area contributed by atoms with Crippen LogP contribution in [0.1, 0.15) is 15.9 Å². The number of benzene rings is 3. The second kappa shape index (κ2) is 8.96. The van der Waals surface area contributed by atoms with Gasteiger partial charge in [0.15, 0.2) is 0 Å². The van der Waals surface area contributed by atoms with Crippen molar-refractivity contribution in [1.29, 1.82) is 0 Å². The molecule has 4 aromatic rings. The third-order valence-corrected chi connectivity index (χ3v) is 4.71. The van der Waals surface area contributed by atoms with Crippen LogP contribution in [0.2, 0.25) is 0 Å². The van der Waals surface area contributed by atoms with E-state index in [1.807, 2.05) is 65.4 Å². The Morgan fingerprint density at radius 3 is 2.45 bits per heavy atom. The van der Waals surface area contributed by atoms with E-state index in [0.717, 1.165) is 22.2 Å². The lowest BCUT2D eigenvalue weighted by atomic mass is 10.2. The van der Waals surface area contributed by atoms with Gasteiger partial charge in [0.05, 0.1) is 11.8 Å². The molecule has 0 unspecified atom stereocenters. The number of fused-ring (bicyclic) bond motifs is 1. The number of anilines is 1. The number of nitrogens with one attached hydrogen (secondary N) is 2. The van der Waals surface area contributed by atoms with E-state index in [1.165, 1.54) is 18.3 Å². The molecule has 0 radical (unpaired) electrons. The number of aromatic nitrogens is 1. The fourth-order valence-electron chi connectivity index (χ4n) is 3.27. The summed E-state index contributed by atoms with van der Waals surface area (Å²) in [6, 6.07) is 23.2. The topological polar surface area (TPSA) is 95.7 Å². The first-order chi connectivity index (χ1) is 15.1. The van der Waals surface area contributed by atoms with Crippen molar-refractivity contribution in [2.75, 3.05) is 5.32 Å². The van der Waals surface area contributed by atoms with E-state index in [0.29, 0.717) is 0 Å². The summed E-state index contributed by atoms with van der Waals surface area (Å²) in [5, 5.41) is 17.6. The number of phenolic OH excluding ortho intramolecular Hbond substituents is 1. The second-order valence-corrected chi connectivity index (χ2v) is 6.86. The summed E-state index contributed by atoms with van der Waals surface area (Å²) in [5.41, 5.74) is 4.92. The van der Waals surface area contributed by atoms with E-state index in [9.17, 15) is 14.7 Å². The van der Waals surface area contributed by atoms with Gasteiger partial charge in [0, 0.05) is 28.4 Å². The first kappa shape index (κ1) is 19.9. The van der Waals surface area contributed by atoms with Gasteiger partial charge in [-0.25, -0.2) is 5.43 Å². The maximum atomic E-state index is 12.5. The second-order valence-electron chi connectivity index (χ2n) is 6.86. The third-order valence-electron chi connectivity index (χ3n) is 4.71. The number of carbonyl (C=O) groups excluding carboxylic acids is 2. The van der Waals surface area contributed by atoms with Gasteiger partial charge in [-0.15, -0.1) is 0 Å². The molecule has 0 saturated heterocycles. The van der Waals surface area contributed by atoms with E-state index in [1.54, 1.807) is 12.1 Å². The Morgan fingerprint density at radius 1 is 0.935 bits per heavy atom. The highest BCUT2D eigenvalue weighted by Gasteiger charge is 2.11. The molecular formula is C24H20N4O3. The van der Waals surface area contributed by atoms with Gasteiger partial charge in [-0.3, -0.25) is 9.59 Å². The molecule has 0 aliphatic carbocycles. The number of nitrogens with zero attached hydrogens (tertiary/aromatic N) is 2. The number of phenols is 1. The minimum absolute atomic E-state index is 0.115. The van der Waals surface area contributed by atoms with Crippen molar-refractivity contribution in [2.24, 2.45) is 5.10 Å². The molecule has 7 nitrogen and oxygen atoms in total. The van der Waals surface area contributed by atoms with Crippen molar-refractivity contribution in [3.63, 3.8) is 0 Å². The zero-order chi connectivity index (χ0) is 21.6. The van der Waals surface area contributed by atoms with Crippen LogP contribution in [-0.4, -0.2) is 27.7 Å². The largest absolute Gasteiger partial charge is 0.507 e. The molecule has 0 bridgehead atoms. The molecule has 1 heterocycles. The van der Waals surface area contributed by atoms with Crippen molar-refractivity contribution in [1.82, 2.24) is 9.99 Å². The first-order valence-corrected chi connectivity index (χ1v) is 9.66. The Morgan fingerprint density at radius 2 is 1.65 bits per heavy atom. The van der Waals surface area contributed by atoms with Crippen molar-refractivity contribution >= 4 is 34.6 Å². The molecule has 31 heavy (non-hydrogen) atoms. The van der Waals surface area contributed by atoms with Gasteiger partial charge in [-0.1, -0.05) is 48.5 Å². The molecule has 1 aromatic heterocycles. The number of hydrazone groups is 1. The molecule has 0 saturated carbocycles. The highest BCUT2D eigenvalue weighted by Crippen LogP contribution is 2.20. The normalized spacial score (nSPS) is 11.0. The number of carbonyl (C=O) groups is 2. The van der Waals surface area contributed by atoms with E-state index < -0.39 is 5.91 Å². The van der Waals surface area contributed by atoms with Gasteiger partial charge in [-0.2, -0.15) is 5.10 Å². The third kappa shape index (κ3) is 4.62. The van der Waals surface area contributed by atoms with Crippen LogP contribution in [0.25, 0.3) is 10.9 Å². The molecule has 3 aromatic carbocycles. The van der Waals surface area contributed by atoms with Crippen molar-refractivity contribution in [2.45, 2.75) is 6.54 Å². The summed E-state index contributed by atoms with van der Waals surface area (Å²) >= 11 is 0. The monoisotopic (exact) mass is 412 g/mol. The number of rotatable bonds is 6. The highest BCUT2D eigenvalue weighted by atomic mass is 16.3. The fourth-order valence-corrected chi connectivity index (χ4v) is 3.27. The van der Waals surface area contributed by atoms with Crippen LogP contribution >= 0.6 is 0 Å². The van der Waals surface area contributed by atoms with Crippen LogP contribution in [0.15, 0.2) is 90.2 Å². The molecule has 0 aliphatic heterocycles. The number of amides is 2. The average Bonchev–Trinajstić information content (AvgIpc) is 3.12. The number of para-hydroxylation sites is 3. The smallest absolute Gasteiger partial charge is 0.275 e. The molecular weight excluding hydrogens is 392 g/mol. The van der Waals surface area contributed by atoms with Crippen LogP contribution < -0.4 is 10.7 Å². The Hall–Kier alpha value is -4.39. The van der Waals surface area contributed by atoms with E-state index >= 15 is 0 Å². The summed E-state index contributed by atoms with van der Waals surface area (Å²) < 4.78 is 1.83. The SMILES string of the molecule is O=C(Cn1cc(C=NNC(=O)c2ccccc2O)c2ccccc21)Nc1ccccc1. The molecule has 7 heteroatoms. The maximum absolute atomic E-state index is 12.5. The van der Waals surface area contributed by atoms with Crippen LogP contribution in [0, 0.1) is 0 Å². The lowest BCUT2D eigenvalue weighted by molar-refractivity contribution is -0.116. The lowest BCUT2D eigenvalue weighted by Gasteiger charge is -2.07. The maximum Gasteiger partial charge on any atom is 0.275 e. The summed E-state index contributed by atoms with van der Waals surface area (Å²) in [6.45, 7) is 0.132. The molecule has 3 N–H and O–H groups in total. The van der Waals surface area contributed by atoms with Gasteiger partial charge in [-0.05, 0) is 30.3 Å². The Labute approximate surface area is 178 Å². The van der Waals surface area contributed by atoms with Crippen LogP contribution in [0.5, 0.6) is 5.75 Å². The molecule has 2 amide bonds. The van der Waals surface area contributed by atoms with Crippen LogP contribution in [0.3, 0.4) is 0 Å². The minimum Gasteiger partial charge on any atom is -0.507 e. The number of hydrogen-bond donors (Lipinski definition) is 3. The van der Waals surface area contributed by atoms with Crippen molar-refractivity contribution in [3.8, 4) is 5.75 Å². The van der Waals surface area contributed by atoms with Crippen molar-refractivity contribution < 1.29 is 14.7 Å². The van der Waals surface area contributed by atoms with E-state index in [2.05, 4.69) is 15.8 Å². The van der Waals surface area contributed by atoms with Crippen LogP contribution in [-0.2, 0) is 11.3 Å². The molecule has 0 aliphatic rings. The molecule has 0 spiro atoms. The Balaban J connectivity index is 1.51. The standard InChI is InChI=1S/C24H20N4O3/c29-22-13-7-5-11-20(22)24(31)27-25-14-17-15-28(21-12-6-4-10-19(17)21)16-23(30)26-18-8-2-1-3-9-18/h1-15,29H,16H2,(H,26,30)(H,27,31). The highest BCUT2D eigenvalue weighted by molar-refractivity contribution is 6.02. The quantitative estimate of drug-likeness (QED) is 0.332. The van der Waals surface area contributed by atoms with Gasteiger partial charge >= 0.3 is 0 Å². The summed E-state index contributed by atoms with van der Waals surface area (Å²) in [5.74, 6) is -0.778. The predicted molar refractivity (Wildman–Crippen MR) is 120 cm³/mol. The first-order valence-electron chi connectivity index (χ1n) is 9.66. The predicted octanol–water partition coefficient (Wildman–Crippen LogP) is 3.75.